The molecule has 1 aliphatic rings. The van der Waals surface area contributed by atoms with Crippen molar-refractivity contribution in [3.63, 3.8) is 0 Å². The first-order chi connectivity index (χ1) is 14.1. The van der Waals surface area contributed by atoms with Crippen LogP contribution in [-0.2, 0) is 11.3 Å². The van der Waals surface area contributed by atoms with E-state index in [2.05, 4.69) is 31.5 Å². The number of nitrogens with zero attached hydrogens (tertiary/aromatic N) is 2. The van der Waals surface area contributed by atoms with Crippen molar-refractivity contribution in [3.8, 4) is 5.75 Å². The van der Waals surface area contributed by atoms with E-state index < -0.39 is 0 Å². The quantitative estimate of drug-likeness (QED) is 0.519. The molecule has 2 aromatic carbocycles. The van der Waals surface area contributed by atoms with E-state index in [0.29, 0.717) is 5.56 Å². The van der Waals surface area contributed by atoms with Gasteiger partial charge >= 0.3 is 0 Å². The number of ether oxygens (including phenoxy) is 2. The molecule has 3 aromatic rings. The van der Waals surface area contributed by atoms with Crippen LogP contribution in [0.4, 0.5) is 0 Å². The SMILES string of the molecule is COc1ccc(C(=O)c2c(C)n(CCN3CCOCC3)c3cc(Br)ccc23)cc1. The first-order valence-corrected chi connectivity index (χ1v) is 10.6. The molecule has 29 heavy (non-hydrogen) atoms. The van der Waals surface area contributed by atoms with Crippen LogP contribution in [0, 0.1) is 6.92 Å². The van der Waals surface area contributed by atoms with Crippen molar-refractivity contribution in [1.82, 2.24) is 9.47 Å². The minimum absolute atomic E-state index is 0.0441. The maximum Gasteiger partial charge on any atom is 0.195 e. The number of halogens is 1. The number of rotatable bonds is 6. The lowest BCUT2D eigenvalue weighted by Gasteiger charge is -2.27. The van der Waals surface area contributed by atoms with Crippen LogP contribution in [0.3, 0.4) is 0 Å². The van der Waals surface area contributed by atoms with Gasteiger partial charge in [0.25, 0.3) is 0 Å². The Hall–Kier alpha value is -2.15. The number of fused-ring (bicyclic) bond motifs is 1. The minimum Gasteiger partial charge on any atom is -0.497 e. The number of morpholine rings is 1. The molecule has 0 amide bonds. The molecule has 1 aromatic heterocycles. The largest absolute Gasteiger partial charge is 0.497 e. The lowest BCUT2D eigenvalue weighted by Crippen LogP contribution is -2.38. The molecular formula is C23H25BrN2O3. The molecule has 2 heterocycles. The normalized spacial score (nSPS) is 15.0. The summed E-state index contributed by atoms with van der Waals surface area (Å²) < 4.78 is 14.0. The molecule has 0 spiro atoms. The zero-order chi connectivity index (χ0) is 20.4. The van der Waals surface area contributed by atoms with Gasteiger partial charge < -0.3 is 14.0 Å². The molecule has 0 N–H and O–H groups in total. The second-order valence-electron chi connectivity index (χ2n) is 7.29. The Morgan fingerprint density at radius 1 is 1.10 bits per heavy atom. The molecule has 1 saturated heterocycles. The van der Waals surface area contributed by atoms with Crippen LogP contribution in [0.5, 0.6) is 5.75 Å². The summed E-state index contributed by atoms with van der Waals surface area (Å²) in [5.74, 6) is 0.790. The third-order valence-corrected chi connectivity index (χ3v) is 6.10. The van der Waals surface area contributed by atoms with Gasteiger partial charge in [0.15, 0.2) is 5.78 Å². The minimum atomic E-state index is 0.0441. The number of aromatic nitrogens is 1. The fourth-order valence-corrected chi connectivity index (χ4v) is 4.33. The predicted octanol–water partition coefficient (Wildman–Crippen LogP) is 4.28. The van der Waals surface area contributed by atoms with Gasteiger partial charge in [-0.15, -0.1) is 0 Å². The predicted molar refractivity (Wildman–Crippen MR) is 118 cm³/mol. The van der Waals surface area contributed by atoms with Gasteiger partial charge in [-0.1, -0.05) is 22.0 Å². The highest BCUT2D eigenvalue weighted by Gasteiger charge is 2.22. The fourth-order valence-electron chi connectivity index (χ4n) is 3.98. The number of hydrogen-bond donors (Lipinski definition) is 0. The summed E-state index contributed by atoms with van der Waals surface area (Å²) >= 11 is 3.59. The zero-order valence-electron chi connectivity index (χ0n) is 16.8. The molecule has 0 atom stereocenters. The lowest BCUT2D eigenvalue weighted by molar-refractivity contribution is 0.0365. The smallest absolute Gasteiger partial charge is 0.195 e. The molecule has 152 valence electrons. The number of ketones is 1. The summed E-state index contributed by atoms with van der Waals surface area (Å²) in [7, 11) is 1.63. The van der Waals surface area contributed by atoms with Crippen molar-refractivity contribution in [2.24, 2.45) is 0 Å². The second-order valence-corrected chi connectivity index (χ2v) is 8.20. The van der Waals surface area contributed by atoms with E-state index in [9.17, 15) is 4.79 Å². The van der Waals surface area contributed by atoms with Crippen molar-refractivity contribution < 1.29 is 14.3 Å². The average Bonchev–Trinajstić information content (AvgIpc) is 3.03. The summed E-state index contributed by atoms with van der Waals surface area (Å²) in [6.07, 6.45) is 0. The van der Waals surface area contributed by atoms with E-state index >= 15 is 0 Å². The zero-order valence-corrected chi connectivity index (χ0v) is 18.4. The Morgan fingerprint density at radius 3 is 2.52 bits per heavy atom. The van der Waals surface area contributed by atoms with E-state index in [-0.39, 0.29) is 5.78 Å². The molecule has 5 nitrogen and oxygen atoms in total. The van der Waals surface area contributed by atoms with Gasteiger partial charge in [-0.05, 0) is 43.3 Å². The fraction of sp³-hybridized carbons (Fsp3) is 0.348. The van der Waals surface area contributed by atoms with Gasteiger partial charge in [-0.3, -0.25) is 9.69 Å². The summed E-state index contributed by atoms with van der Waals surface area (Å²) in [6, 6.07) is 13.5. The van der Waals surface area contributed by atoms with Gasteiger partial charge in [-0.2, -0.15) is 0 Å². The Morgan fingerprint density at radius 2 is 1.83 bits per heavy atom. The van der Waals surface area contributed by atoms with E-state index in [1.165, 1.54) is 0 Å². The molecule has 0 unspecified atom stereocenters. The third kappa shape index (κ3) is 4.10. The first kappa shape index (κ1) is 20.1. The van der Waals surface area contributed by atoms with Gasteiger partial charge in [0.05, 0.1) is 31.4 Å². The summed E-state index contributed by atoms with van der Waals surface area (Å²) in [4.78, 5) is 15.8. The Balaban J connectivity index is 1.71. The number of hydrogen-bond acceptors (Lipinski definition) is 4. The topological polar surface area (TPSA) is 43.7 Å². The highest BCUT2D eigenvalue weighted by molar-refractivity contribution is 9.10. The van der Waals surface area contributed by atoms with Gasteiger partial charge in [0.1, 0.15) is 5.75 Å². The van der Waals surface area contributed by atoms with Crippen LogP contribution in [-0.4, -0.2) is 55.2 Å². The third-order valence-electron chi connectivity index (χ3n) is 5.61. The molecule has 4 rings (SSSR count). The monoisotopic (exact) mass is 456 g/mol. The summed E-state index contributed by atoms with van der Waals surface area (Å²) in [5.41, 5.74) is 3.54. The molecule has 0 radical (unpaired) electrons. The maximum absolute atomic E-state index is 13.4. The number of benzene rings is 2. The van der Waals surface area contributed by atoms with Crippen molar-refractivity contribution in [3.05, 3.63) is 63.8 Å². The van der Waals surface area contributed by atoms with E-state index in [4.69, 9.17) is 9.47 Å². The Kier molecular flexibility index (Phi) is 6.04. The Bertz CT molecular complexity index is 1020. The van der Waals surface area contributed by atoms with Crippen molar-refractivity contribution in [1.29, 1.82) is 0 Å². The highest BCUT2D eigenvalue weighted by Crippen LogP contribution is 2.31. The van der Waals surface area contributed by atoms with E-state index in [1.54, 1.807) is 7.11 Å². The number of carbonyl (C=O) groups is 1. The Labute approximate surface area is 179 Å². The molecular weight excluding hydrogens is 432 g/mol. The van der Waals surface area contributed by atoms with Gasteiger partial charge in [0, 0.05) is 47.3 Å². The molecule has 0 aliphatic carbocycles. The molecule has 1 aliphatic heterocycles. The molecule has 0 saturated carbocycles. The standard InChI is InChI=1S/C23H25BrN2O3/c1-16-22(23(27)17-3-6-19(28-2)7-4-17)20-8-5-18(24)15-21(20)26(16)10-9-25-11-13-29-14-12-25/h3-8,15H,9-14H2,1-2H3. The van der Waals surface area contributed by atoms with Crippen molar-refractivity contribution >= 4 is 32.6 Å². The van der Waals surface area contributed by atoms with E-state index in [0.717, 1.165) is 71.8 Å². The van der Waals surface area contributed by atoms with Crippen LogP contribution in [0.2, 0.25) is 0 Å². The molecule has 6 heteroatoms. The van der Waals surface area contributed by atoms with Crippen molar-refractivity contribution in [2.45, 2.75) is 13.5 Å². The van der Waals surface area contributed by atoms with Crippen LogP contribution in [0.25, 0.3) is 10.9 Å². The second kappa shape index (κ2) is 8.69. The van der Waals surface area contributed by atoms with Crippen LogP contribution >= 0.6 is 15.9 Å². The number of methoxy groups -OCH3 is 1. The summed E-state index contributed by atoms with van der Waals surface area (Å²) in [5, 5.41) is 0.994. The average molecular weight is 457 g/mol. The van der Waals surface area contributed by atoms with Gasteiger partial charge in [0.2, 0.25) is 0 Å². The first-order valence-electron chi connectivity index (χ1n) is 9.85. The van der Waals surface area contributed by atoms with E-state index in [1.807, 2.05) is 43.3 Å². The van der Waals surface area contributed by atoms with Crippen LogP contribution in [0.1, 0.15) is 21.6 Å². The molecule has 0 bridgehead atoms. The highest BCUT2D eigenvalue weighted by atomic mass is 79.9. The molecule has 1 fully saturated rings. The van der Waals surface area contributed by atoms with Crippen LogP contribution in [0.15, 0.2) is 46.9 Å². The van der Waals surface area contributed by atoms with Gasteiger partial charge in [-0.25, -0.2) is 0 Å². The van der Waals surface area contributed by atoms with Crippen LogP contribution < -0.4 is 4.74 Å². The number of carbonyl (C=O) groups excluding carboxylic acids is 1. The maximum atomic E-state index is 13.4. The summed E-state index contributed by atoms with van der Waals surface area (Å²) in [6.45, 7) is 7.32. The lowest BCUT2D eigenvalue weighted by atomic mass is 10.0. The van der Waals surface area contributed by atoms with Crippen molar-refractivity contribution in [2.75, 3.05) is 40.0 Å².